The molecule has 0 radical (unpaired) electrons. The van der Waals surface area contributed by atoms with E-state index in [0.29, 0.717) is 11.4 Å². The molecule has 1 aromatic heterocycles. The zero-order valence-corrected chi connectivity index (χ0v) is 11.6. The van der Waals surface area contributed by atoms with Crippen molar-refractivity contribution < 1.29 is 4.79 Å². The largest absolute Gasteiger partial charge is 0.358 e. The minimum absolute atomic E-state index is 0.0390. The summed E-state index contributed by atoms with van der Waals surface area (Å²) in [6.45, 7) is 0. The van der Waals surface area contributed by atoms with Gasteiger partial charge in [-0.05, 0) is 35.2 Å². The molecule has 0 aliphatic carbocycles. The molecule has 1 atom stereocenters. The van der Waals surface area contributed by atoms with E-state index < -0.39 is 0 Å². The lowest BCUT2D eigenvalue weighted by molar-refractivity contribution is -0.108. The molecule has 0 aliphatic heterocycles. The molecule has 0 fully saturated rings. The van der Waals surface area contributed by atoms with Crippen molar-refractivity contribution in [2.45, 2.75) is 12.3 Å². The van der Waals surface area contributed by atoms with E-state index in [-0.39, 0.29) is 5.92 Å². The van der Waals surface area contributed by atoms with Crippen molar-refractivity contribution in [1.29, 1.82) is 0 Å². The molecular weight excluding hydrogens is 270 g/mol. The molecule has 0 amide bonds. The first-order valence-electron chi connectivity index (χ1n) is 6.54. The molecule has 100 valence electrons. The molecule has 0 aliphatic rings. The first-order valence-corrected chi connectivity index (χ1v) is 6.92. The van der Waals surface area contributed by atoms with E-state index in [1.165, 1.54) is 0 Å². The summed E-state index contributed by atoms with van der Waals surface area (Å²) in [5.41, 5.74) is 3.24. The molecule has 3 heteroatoms. The van der Waals surface area contributed by atoms with Crippen LogP contribution in [-0.2, 0) is 4.79 Å². The average molecular weight is 284 g/mol. The molecule has 2 nitrogen and oxygen atoms in total. The number of hydrogen-bond donors (Lipinski definition) is 1. The Kier molecular flexibility index (Phi) is 3.57. The number of aromatic nitrogens is 1. The molecule has 1 heterocycles. The van der Waals surface area contributed by atoms with Gasteiger partial charge in [-0.3, -0.25) is 0 Å². The number of hydrogen-bond acceptors (Lipinski definition) is 1. The number of benzene rings is 2. The highest BCUT2D eigenvalue weighted by atomic mass is 35.5. The lowest BCUT2D eigenvalue weighted by Gasteiger charge is -2.13. The number of fused-ring (bicyclic) bond motifs is 1. The van der Waals surface area contributed by atoms with E-state index >= 15 is 0 Å². The number of rotatable bonds is 4. The summed E-state index contributed by atoms with van der Waals surface area (Å²) in [5, 5.41) is 1.86. The summed E-state index contributed by atoms with van der Waals surface area (Å²) >= 11 is 5.93. The van der Waals surface area contributed by atoms with Crippen LogP contribution in [0.4, 0.5) is 0 Å². The molecule has 3 rings (SSSR count). The lowest BCUT2D eigenvalue weighted by Crippen LogP contribution is -2.02. The fraction of sp³-hybridized carbons (Fsp3) is 0.118. The van der Waals surface area contributed by atoms with Gasteiger partial charge in [-0.25, -0.2) is 0 Å². The number of carbonyl (C=O) groups is 1. The number of aromatic amines is 1. The van der Waals surface area contributed by atoms with Crippen LogP contribution < -0.4 is 0 Å². The molecule has 0 bridgehead atoms. The Bertz CT molecular complexity index is 697. The Morgan fingerprint density at radius 1 is 1.10 bits per heavy atom. The fourth-order valence-electron chi connectivity index (χ4n) is 2.52. The van der Waals surface area contributed by atoms with E-state index in [1.807, 2.05) is 42.5 Å². The SMILES string of the molecule is O=CC[C@H](c1ccc(Cl)cc1)c1cc2ccccc2[nH]1. The maximum absolute atomic E-state index is 11.0. The minimum atomic E-state index is 0.0390. The van der Waals surface area contributed by atoms with Gasteiger partial charge < -0.3 is 9.78 Å². The van der Waals surface area contributed by atoms with E-state index in [0.717, 1.165) is 28.4 Å². The van der Waals surface area contributed by atoms with Crippen molar-refractivity contribution in [1.82, 2.24) is 4.98 Å². The Morgan fingerprint density at radius 2 is 1.85 bits per heavy atom. The summed E-state index contributed by atoms with van der Waals surface area (Å²) in [7, 11) is 0. The second-order valence-corrected chi connectivity index (χ2v) is 5.25. The molecule has 0 unspecified atom stereocenters. The molecule has 0 saturated heterocycles. The smallest absolute Gasteiger partial charge is 0.120 e. The third-order valence-corrected chi connectivity index (χ3v) is 3.78. The Labute approximate surface area is 122 Å². The Morgan fingerprint density at radius 3 is 2.55 bits per heavy atom. The van der Waals surface area contributed by atoms with E-state index in [9.17, 15) is 4.79 Å². The van der Waals surface area contributed by atoms with Crippen LogP contribution in [0.5, 0.6) is 0 Å². The number of nitrogens with one attached hydrogen (secondary N) is 1. The van der Waals surface area contributed by atoms with Gasteiger partial charge in [-0.2, -0.15) is 0 Å². The highest BCUT2D eigenvalue weighted by Gasteiger charge is 2.16. The minimum Gasteiger partial charge on any atom is -0.358 e. The maximum atomic E-state index is 11.0. The second kappa shape index (κ2) is 5.51. The second-order valence-electron chi connectivity index (χ2n) is 4.82. The van der Waals surface area contributed by atoms with Crippen LogP contribution in [0.25, 0.3) is 10.9 Å². The van der Waals surface area contributed by atoms with E-state index in [1.54, 1.807) is 0 Å². The molecule has 2 aromatic carbocycles. The first-order chi connectivity index (χ1) is 9.78. The number of para-hydroxylation sites is 1. The fourth-order valence-corrected chi connectivity index (χ4v) is 2.64. The Balaban J connectivity index is 2.05. The van der Waals surface area contributed by atoms with Crippen molar-refractivity contribution in [2.24, 2.45) is 0 Å². The normalized spacial score (nSPS) is 12.4. The summed E-state index contributed by atoms with van der Waals surface area (Å²) in [4.78, 5) is 14.4. The maximum Gasteiger partial charge on any atom is 0.120 e. The summed E-state index contributed by atoms with van der Waals surface area (Å²) in [6.07, 6.45) is 1.42. The van der Waals surface area contributed by atoms with Crippen LogP contribution in [0, 0.1) is 0 Å². The predicted molar refractivity (Wildman–Crippen MR) is 82.3 cm³/mol. The van der Waals surface area contributed by atoms with Crippen LogP contribution >= 0.6 is 11.6 Å². The van der Waals surface area contributed by atoms with Gasteiger partial charge in [-0.1, -0.05) is 41.9 Å². The molecule has 0 saturated carbocycles. The number of carbonyl (C=O) groups excluding carboxylic acids is 1. The van der Waals surface area contributed by atoms with Crippen LogP contribution in [0.1, 0.15) is 23.6 Å². The molecule has 0 spiro atoms. The van der Waals surface area contributed by atoms with Crippen LogP contribution in [-0.4, -0.2) is 11.3 Å². The van der Waals surface area contributed by atoms with Gasteiger partial charge in [0.1, 0.15) is 6.29 Å². The quantitative estimate of drug-likeness (QED) is 0.701. The van der Waals surface area contributed by atoms with Crippen molar-refractivity contribution in [3.8, 4) is 0 Å². The van der Waals surface area contributed by atoms with Gasteiger partial charge in [0.15, 0.2) is 0 Å². The third kappa shape index (κ3) is 2.47. The van der Waals surface area contributed by atoms with E-state index in [4.69, 9.17) is 11.6 Å². The Hall–Kier alpha value is -2.06. The van der Waals surface area contributed by atoms with Crippen LogP contribution in [0.15, 0.2) is 54.6 Å². The van der Waals surface area contributed by atoms with Gasteiger partial charge in [0, 0.05) is 28.6 Å². The van der Waals surface area contributed by atoms with Crippen LogP contribution in [0.2, 0.25) is 5.02 Å². The predicted octanol–water partition coefficient (Wildman–Crippen LogP) is 4.54. The van der Waals surface area contributed by atoms with E-state index in [2.05, 4.69) is 17.1 Å². The van der Waals surface area contributed by atoms with Gasteiger partial charge in [-0.15, -0.1) is 0 Å². The molecular formula is C17H14ClNO. The van der Waals surface area contributed by atoms with Crippen LogP contribution in [0.3, 0.4) is 0 Å². The topological polar surface area (TPSA) is 32.9 Å². The molecule has 3 aromatic rings. The molecule has 20 heavy (non-hydrogen) atoms. The number of aldehydes is 1. The zero-order chi connectivity index (χ0) is 13.9. The van der Waals surface area contributed by atoms with Gasteiger partial charge in [0.25, 0.3) is 0 Å². The van der Waals surface area contributed by atoms with Crippen molar-refractivity contribution >= 4 is 28.8 Å². The zero-order valence-electron chi connectivity index (χ0n) is 10.8. The third-order valence-electron chi connectivity index (χ3n) is 3.53. The van der Waals surface area contributed by atoms with Gasteiger partial charge in [0.05, 0.1) is 0 Å². The molecule has 1 N–H and O–H groups in total. The summed E-state index contributed by atoms with van der Waals surface area (Å²) in [5.74, 6) is 0.0390. The van der Waals surface area contributed by atoms with Gasteiger partial charge in [0.2, 0.25) is 0 Å². The monoisotopic (exact) mass is 283 g/mol. The van der Waals surface area contributed by atoms with Crippen molar-refractivity contribution in [2.75, 3.05) is 0 Å². The van der Waals surface area contributed by atoms with Crippen molar-refractivity contribution in [3.63, 3.8) is 0 Å². The number of H-pyrrole nitrogens is 1. The highest BCUT2D eigenvalue weighted by Crippen LogP contribution is 2.30. The lowest BCUT2D eigenvalue weighted by atomic mass is 9.93. The number of halogens is 1. The standard InChI is InChI=1S/C17H14ClNO/c18-14-7-5-12(6-8-14)15(9-10-20)17-11-13-3-1-2-4-16(13)19-17/h1-8,10-11,15,19H,9H2/t15-/m1/s1. The highest BCUT2D eigenvalue weighted by molar-refractivity contribution is 6.30. The summed E-state index contributed by atoms with van der Waals surface area (Å²) < 4.78 is 0. The average Bonchev–Trinajstić information content (AvgIpc) is 2.89. The summed E-state index contributed by atoms with van der Waals surface area (Å²) in [6, 6.07) is 17.9. The van der Waals surface area contributed by atoms with Gasteiger partial charge >= 0.3 is 0 Å². The van der Waals surface area contributed by atoms with Crippen molar-refractivity contribution in [3.05, 3.63) is 70.9 Å². The first kappa shape index (κ1) is 12.9.